The fraction of sp³-hybridized carbons (Fsp3) is 0.565. The molecule has 4 rings (SSSR count). The Hall–Kier alpha value is -3.46. The van der Waals surface area contributed by atoms with Crippen molar-refractivity contribution in [1.29, 1.82) is 5.41 Å². The zero-order valence-corrected chi connectivity index (χ0v) is 20.9. The molecule has 3 heterocycles. The lowest BCUT2D eigenvalue weighted by molar-refractivity contribution is -0.386. The fourth-order valence-corrected chi connectivity index (χ4v) is 4.62. The van der Waals surface area contributed by atoms with Crippen LogP contribution in [0.4, 0.5) is 5.69 Å². The molecule has 4 N–H and O–H groups in total. The van der Waals surface area contributed by atoms with Crippen molar-refractivity contribution in [3.63, 3.8) is 0 Å². The minimum Gasteiger partial charge on any atom is -0.497 e. The maximum absolute atomic E-state index is 13.2. The van der Waals surface area contributed by atoms with E-state index in [4.69, 9.17) is 19.6 Å². The van der Waals surface area contributed by atoms with Gasteiger partial charge in [-0.05, 0) is 17.5 Å². The molecule has 1 aromatic rings. The highest BCUT2D eigenvalue weighted by Gasteiger charge is 2.56. The van der Waals surface area contributed by atoms with Crippen molar-refractivity contribution in [2.24, 2.45) is 15.4 Å². The summed E-state index contributed by atoms with van der Waals surface area (Å²) in [4.78, 5) is 34.6. The molecule has 0 bridgehead atoms. The second-order valence-corrected chi connectivity index (χ2v) is 10.1. The summed E-state index contributed by atoms with van der Waals surface area (Å²) in [7, 11) is 1.45. The lowest BCUT2D eigenvalue weighted by Crippen LogP contribution is -2.61. The molecule has 1 saturated heterocycles. The first-order valence-electron chi connectivity index (χ1n) is 11.6. The monoisotopic (exact) mass is 518 g/mol. The van der Waals surface area contributed by atoms with E-state index in [0.717, 1.165) is 0 Å². The number of nitro benzene ring substituents is 1. The average molecular weight is 519 g/mol. The number of nitrogens with one attached hydrogen (secondary N) is 2. The number of rotatable bonds is 8. The SMILES string of the molecule is COc1ccc([N+](=O)[O-])c([C@@H](OCC23N=CN([C@H]4C[C@H](O)[C@@H](CO)O4)C2=NC(=N)NC3=O)C(C)(C)C)c1. The molecular formula is C23H30N6O8. The summed E-state index contributed by atoms with van der Waals surface area (Å²) in [5.74, 6) is -0.599. The van der Waals surface area contributed by atoms with Crippen LogP contribution in [0.15, 0.2) is 28.2 Å². The normalized spacial score (nSPS) is 28.1. The third-order valence-electron chi connectivity index (χ3n) is 6.50. The number of ether oxygens (including phenoxy) is 3. The maximum atomic E-state index is 13.2. The average Bonchev–Trinajstić information content (AvgIpc) is 3.38. The number of aliphatic imine (C=N–C) groups is 2. The van der Waals surface area contributed by atoms with Crippen LogP contribution in [0.5, 0.6) is 5.75 Å². The lowest BCUT2D eigenvalue weighted by atomic mass is 9.83. The van der Waals surface area contributed by atoms with Crippen molar-refractivity contribution in [1.82, 2.24) is 10.2 Å². The minimum absolute atomic E-state index is 0.0600. The molecular weight excluding hydrogens is 488 g/mol. The molecule has 0 aliphatic carbocycles. The van der Waals surface area contributed by atoms with Crippen LogP contribution in [0.1, 0.15) is 38.9 Å². The minimum atomic E-state index is -1.70. The molecule has 3 aliphatic rings. The Labute approximate surface area is 212 Å². The Morgan fingerprint density at radius 1 is 1.43 bits per heavy atom. The van der Waals surface area contributed by atoms with Crippen LogP contribution in [0.2, 0.25) is 0 Å². The van der Waals surface area contributed by atoms with E-state index >= 15 is 0 Å². The third-order valence-corrected chi connectivity index (χ3v) is 6.50. The van der Waals surface area contributed by atoms with Gasteiger partial charge in [0.1, 0.15) is 18.1 Å². The Bertz CT molecular complexity index is 1160. The zero-order chi connectivity index (χ0) is 27.1. The van der Waals surface area contributed by atoms with Crippen LogP contribution in [-0.4, -0.2) is 88.4 Å². The number of hydrogen-bond donors (Lipinski definition) is 4. The standard InChI is InChI=1S/C23H30N6O8/c1-22(2,3)18(13-7-12(35-4)5-6-14(13)29(33)34)36-10-23-19(26-21(24)27-20(23)32)28(11-25-23)17-8-15(31)16(9-30)37-17/h5-7,11,15-18,30-31H,8-10H2,1-4H3,(H2,24,27,32)/t15-,16+,17+,18+,23?/m0/s1. The van der Waals surface area contributed by atoms with Crippen LogP contribution in [-0.2, 0) is 14.3 Å². The number of amides is 1. The number of guanidine groups is 1. The second-order valence-electron chi connectivity index (χ2n) is 10.1. The number of aliphatic hydroxyl groups excluding tert-OH is 2. The Kier molecular flexibility index (Phi) is 7.03. The van der Waals surface area contributed by atoms with E-state index in [1.807, 2.05) is 20.8 Å². The molecule has 0 saturated carbocycles. The predicted molar refractivity (Wildman–Crippen MR) is 131 cm³/mol. The summed E-state index contributed by atoms with van der Waals surface area (Å²) in [6.45, 7) is 4.78. The van der Waals surface area contributed by atoms with Crippen molar-refractivity contribution >= 4 is 29.7 Å². The van der Waals surface area contributed by atoms with E-state index in [2.05, 4.69) is 15.3 Å². The van der Waals surface area contributed by atoms with E-state index < -0.39 is 58.9 Å². The van der Waals surface area contributed by atoms with Gasteiger partial charge in [-0.2, -0.15) is 4.99 Å². The summed E-state index contributed by atoms with van der Waals surface area (Å²) in [5.41, 5.74) is -2.25. The van der Waals surface area contributed by atoms with E-state index in [-0.39, 0.29) is 30.1 Å². The van der Waals surface area contributed by atoms with Crippen LogP contribution < -0.4 is 10.1 Å². The summed E-state index contributed by atoms with van der Waals surface area (Å²) in [5, 5.41) is 41.7. The molecule has 1 fully saturated rings. The van der Waals surface area contributed by atoms with Gasteiger partial charge in [0.05, 0.1) is 49.4 Å². The molecule has 37 heavy (non-hydrogen) atoms. The van der Waals surface area contributed by atoms with Crippen molar-refractivity contribution in [3.05, 3.63) is 33.9 Å². The number of amidine groups is 1. The van der Waals surface area contributed by atoms with E-state index in [1.54, 1.807) is 0 Å². The lowest BCUT2D eigenvalue weighted by Gasteiger charge is -2.36. The first-order valence-corrected chi connectivity index (χ1v) is 11.6. The summed E-state index contributed by atoms with van der Waals surface area (Å²) < 4.78 is 17.2. The highest BCUT2D eigenvalue weighted by Crippen LogP contribution is 2.43. The number of carbonyl (C=O) groups excluding carboxylic acids is 1. The highest BCUT2D eigenvalue weighted by atomic mass is 16.6. The first-order chi connectivity index (χ1) is 17.4. The molecule has 14 heteroatoms. The Morgan fingerprint density at radius 2 is 2.16 bits per heavy atom. The molecule has 1 unspecified atom stereocenters. The second kappa shape index (κ2) is 9.78. The van der Waals surface area contributed by atoms with E-state index in [9.17, 15) is 25.1 Å². The van der Waals surface area contributed by atoms with Crippen molar-refractivity contribution < 1.29 is 34.1 Å². The van der Waals surface area contributed by atoms with Gasteiger partial charge in [0, 0.05) is 12.5 Å². The molecule has 0 radical (unpaired) electrons. The predicted octanol–water partition coefficient (Wildman–Crippen LogP) is 0.721. The summed E-state index contributed by atoms with van der Waals surface area (Å²) in [6, 6.07) is 4.36. The zero-order valence-electron chi connectivity index (χ0n) is 20.9. The quantitative estimate of drug-likeness (QED) is 0.283. The number of methoxy groups -OCH3 is 1. The van der Waals surface area contributed by atoms with Gasteiger partial charge in [-0.1, -0.05) is 20.8 Å². The number of nitrogens with zero attached hydrogens (tertiary/aromatic N) is 4. The topological polar surface area (TPSA) is 192 Å². The third kappa shape index (κ3) is 4.80. The molecule has 1 aromatic carbocycles. The Morgan fingerprint density at radius 3 is 2.76 bits per heavy atom. The molecule has 3 aliphatic heterocycles. The first kappa shape index (κ1) is 26.6. The molecule has 0 aromatic heterocycles. The van der Waals surface area contributed by atoms with Gasteiger partial charge in [-0.3, -0.25) is 30.5 Å². The smallest absolute Gasteiger partial charge is 0.275 e. The van der Waals surface area contributed by atoms with Gasteiger partial charge < -0.3 is 24.4 Å². The Balaban J connectivity index is 1.68. The van der Waals surface area contributed by atoms with Gasteiger partial charge in [-0.25, -0.2) is 4.99 Å². The van der Waals surface area contributed by atoms with Gasteiger partial charge in [-0.15, -0.1) is 0 Å². The number of hydrogen-bond acceptors (Lipinski definition) is 11. The van der Waals surface area contributed by atoms with E-state index in [1.165, 1.54) is 36.5 Å². The van der Waals surface area contributed by atoms with Crippen LogP contribution in [0.25, 0.3) is 0 Å². The molecule has 5 atom stereocenters. The van der Waals surface area contributed by atoms with Crippen LogP contribution >= 0.6 is 0 Å². The highest BCUT2D eigenvalue weighted by molar-refractivity contribution is 6.27. The fourth-order valence-electron chi connectivity index (χ4n) is 4.62. The molecule has 1 amide bonds. The van der Waals surface area contributed by atoms with Crippen LogP contribution in [0, 0.1) is 20.9 Å². The number of nitro groups is 1. The van der Waals surface area contributed by atoms with Gasteiger partial charge in [0.2, 0.25) is 11.5 Å². The molecule has 14 nitrogen and oxygen atoms in total. The van der Waals surface area contributed by atoms with Crippen molar-refractivity contribution in [3.8, 4) is 5.75 Å². The van der Waals surface area contributed by atoms with Crippen LogP contribution in [0.3, 0.4) is 0 Å². The maximum Gasteiger partial charge on any atom is 0.275 e. The van der Waals surface area contributed by atoms with E-state index in [0.29, 0.717) is 5.75 Å². The molecule has 200 valence electrons. The number of aliphatic hydroxyl groups is 2. The van der Waals surface area contributed by atoms with Gasteiger partial charge in [0.25, 0.3) is 11.6 Å². The largest absolute Gasteiger partial charge is 0.497 e. The van der Waals surface area contributed by atoms with Crippen molar-refractivity contribution in [2.45, 2.75) is 57.3 Å². The van der Waals surface area contributed by atoms with Gasteiger partial charge >= 0.3 is 0 Å². The number of fused-ring (bicyclic) bond motifs is 1. The summed E-state index contributed by atoms with van der Waals surface area (Å²) >= 11 is 0. The van der Waals surface area contributed by atoms with Gasteiger partial charge in [0.15, 0.2) is 5.84 Å². The number of carbonyl (C=O) groups is 1. The summed E-state index contributed by atoms with van der Waals surface area (Å²) in [6.07, 6.45) is -1.96. The number of benzene rings is 1. The van der Waals surface area contributed by atoms with Crippen molar-refractivity contribution in [2.75, 3.05) is 20.3 Å². The molecule has 0 spiro atoms.